The summed E-state index contributed by atoms with van der Waals surface area (Å²) in [6, 6.07) is 59.2. The Bertz CT molecular complexity index is 2670. The maximum absolute atomic E-state index is 9.48. The van der Waals surface area contributed by atoms with Crippen LogP contribution in [0.2, 0.25) is 0 Å². The van der Waals surface area contributed by atoms with Crippen LogP contribution in [0.5, 0.6) is 0 Å². The van der Waals surface area contributed by atoms with Crippen LogP contribution < -0.4 is 4.90 Å². The van der Waals surface area contributed by atoms with Gasteiger partial charge in [0.15, 0.2) is 0 Å². The number of hydrogen-bond donors (Lipinski definition) is 0. The number of rotatable bonds is 6. The zero-order valence-electron chi connectivity index (χ0n) is 27.6. The van der Waals surface area contributed by atoms with Crippen LogP contribution in [0.25, 0.3) is 65.7 Å². The van der Waals surface area contributed by atoms with Crippen LogP contribution in [0.4, 0.5) is 17.2 Å². The first-order valence-corrected chi connectivity index (χ1v) is 17.0. The van der Waals surface area contributed by atoms with Gasteiger partial charge in [-0.1, -0.05) is 109 Å². The molecule has 0 amide bonds. The minimum atomic E-state index is 0.611. The first kappa shape index (κ1) is 30.0. The van der Waals surface area contributed by atoms with E-state index in [1.807, 2.05) is 42.7 Å². The molecule has 51 heavy (non-hydrogen) atoms. The minimum absolute atomic E-state index is 0.611. The summed E-state index contributed by atoms with van der Waals surface area (Å²) in [6.07, 6.45) is 5.64. The SMILES string of the molecule is N#Cc1ccc(N(c2ccc(-c3cccnc3)cc2)c2ccc(-c3c4ccccc4c(-c4cccc5ccccc45)c4ccccc34)cn2)cc1. The average Bonchev–Trinajstić information content (AvgIpc) is 3.21. The normalized spacial score (nSPS) is 11.1. The summed E-state index contributed by atoms with van der Waals surface area (Å²) in [6.45, 7) is 0. The lowest BCUT2D eigenvalue weighted by Crippen LogP contribution is -2.11. The number of nitriles is 1. The van der Waals surface area contributed by atoms with E-state index in [9.17, 15) is 5.26 Å². The molecule has 2 aromatic heterocycles. The van der Waals surface area contributed by atoms with Gasteiger partial charge >= 0.3 is 0 Å². The number of benzene rings is 7. The van der Waals surface area contributed by atoms with Crippen LogP contribution in [-0.2, 0) is 0 Å². The second-order valence-electron chi connectivity index (χ2n) is 12.6. The van der Waals surface area contributed by atoms with Gasteiger partial charge in [-0.3, -0.25) is 9.88 Å². The van der Waals surface area contributed by atoms with Gasteiger partial charge in [-0.15, -0.1) is 0 Å². The van der Waals surface area contributed by atoms with Gasteiger partial charge in [0.2, 0.25) is 0 Å². The third kappa shape index (κ3) is 5.35. The maximum Gasteiger partial charge on any atom is 0.137 e. The molecular formula is C47H30N4. The van der Waals surface area contributed by atoms with Gasteiger partial charge in [0.05, 0.1) is 11.6 Å². The highest BCUT2D eigenvalue weighted by molar-refractivity contribution is 6.23. The highest BCUT2D eigenvalue weighted by Gasteiger charge is 2.19. The van der Waals surface area contributed by atoms with Crippen molar-refractivity contribution in [3.05, 3.63) is 188 Å². The molecule has 9 aromatic rings. The summed E-state index contributed by atoms with van der Waals surface area (Å²) in [4.78, 5) is 11.5. The molecule has 0 bridgehead atoms. The molecule has 0 saturated heterocycles. The predicted octanol–water partition coefficient (Wildman–Crippen LogP) is 12.3. The van der Waals surface area contributed by atoms with E-state index >= 15 is 0 Å². The highest BCUT2D eigenvalue weighted by Crippen LogP contribution is 2.45. The lowest BCUT2D eigenvalue weighted by atomic mass is 9.85. The van der Waals surface area contributed by atoms with Gasteiger partial charge in [0.1, 0.15) is 5.82 Å². The number of fused-ring (bicyclic) bond motifs is 3. The van der Waals surface area contributed by atoms with Crippen molar-refractivity contribution in [2.45, 2.75) is 0 Å². The van der Waals surface area contributed by atoms with E-state index in [1.165, 1.54) is 43.4 Å². The second kappa shape index (κ2) is 12.7. The molecule has 0 atom stereocenters. The zero-order chi connectivity index (χ0) is 34.1. The molecule has 0 aliphatic heterocycles. The molecule has 0 radical (unpaired) electrons. The van der Waals surface area contributed by atoms with Crippen LogP contribution in [0.1, 0.15) is 5.56 Å². The third-order valence-corrected chi connectivity index (χ3v) is 9.63. The van der Waals surface area contributed by atoms with Gasteiger partial charge < -0.3 is 0 Å². The van der Waals surface area contributed by atoms with E-state index in [-0.39, 0.29) is 0 Å². The van der Waals surface area contributed by atoms with Crippen molar-refractivity contribution >= 4 is 49.5 Å². The molecule has 9 rings (SSSR count). The van der Waals surface area contributed by atoms with Crippen molar-refractivity contribution in [3.8, 4) is 39.4 Å². The fourth-order valence-electron chi connectivity index (χ4n) is 7.27. The van der Waals surface area contributed by atoms with Gasteiger partial charge in [0, 0.05) is 35.5 Å². The molecule has 2 heterocycles. The lowest BCUT2D eigenvalue weighted by molar-refractivity contribution is 1.18. The van der Waals surface area contributed by atoms with Crippen molar-refractivity contribution in [3.63, 3.8) is 0 Å². The summed E-state index contributed by atoms with van der Waals surface area (Å²) in [5.74, 6) is 0.776. The Morgan fingerprint density at radius 1 is 0.451 bits per heavy atom. The molecule has 0 aliphatic carbocycles. The molecule has 238 valence electrons. The molecular weight excluding hydrogens is 621 g/mol. The molecule has 4 nitrogen and oxygen atoms in total. The van der Waals surface area contributed by atoms with Crippen molar-refractivity contribution in [2.75, 3.05) is 4.90 Å². The van der Waals surface area contributed by atoms with Crippen LogP contribution >= 0.6 is 0 Å². The first-order valence-electron chi connectivity index (χ1n) is 17.0. The Balaban J connectivity index is 1.20. The minimum Gasteiger partial charge on any atom is -0.295 e. The van der Waals surface area contributed by atoms with Crippen LogP contribution in [0, 0.1) is 11.3 Å². The first-order chi connectivity index (χ1) is 25.3. The van der Waals surface area contributed by atoms with Crippen molar-refractivity contribution in [1.82, 2.24) is 9.97 Å². The summed E-state index contributed by atoms with van der Waals surface area (Å²) in [5, 5.41) is 16.7. The number of aromatic nitrogens is 2. The largest absolute Gasteiger partial charge is 0.295 e. The zero-order valence-corrected chi connectivity index (χ0v) is 27.6. The average molecular weight is 651 g/mol. The van der Waals surface area contributed by atoms with E-state index < -0.39 is 0 Å². The van der Waals surface area contributed by atoms with Crippen LogP contribution in [-0.4, -0.2) is 9.97 Å². The van der Waals surface area contributed by atoms with Gasteiger partial charge in [-0.2, -0.15) is 5.26 Å². The number of hydrogen-bond acceptors (Lipinski definition) is 4. The smallest absolute Gasteiger partial charge is 0.137 e. The fraction of sp³-hybridized carbons (Fsp3) is 0. The topological polar surface area (TPSA) is 52.8 Å². The standard InChI is InChI=1S/C47H30N4/c48-29-32-18-23-37(24-19-32)51(38-25-20-33(21-26-38)35-11-8-28-49-30-35)45-27-22-36(31-50-45)46-41-13-3-5-15-43(41)47(44-16-6-4-14-42(44)46)40-17-7-10-34-9-1-2-12-39(34)40/h1-28,30-31H. The Kier molecular flexibility index (Phi) is 7.50. The molecule has 0 spiro atoms. The van der Waals surface area contributed by atoms with E-state index in [2.05, 4.69) is 149 Å². The number of anilines is 3. The van der Waals surface area contributed by atoms with E-state index in [1.54, 1.807) is 6.20 Å². The Morgan fingerprint density at radius 3 is 1.65 bits per heavy atom. The van der Waals surface area contributed by atoms with E-state index in [4.69, 9.17) is 4.98 Å². The summed E-state index contributed by atoms with van der Waals surface area (Å²) < 4.78 is 0. The Hall–Kier alpha value is -7.09. The number of pyridine rings is 2. The molecule has 0 saturated carbocycles. The van der Waals surface area contributed by atoms with Gasteiger partial charge in [0.25, 0.3) is 0 Å². The van der Waals surface area contributed by atoms with Crippen molar-refractivity contribution in [1.29, 1.82) is 5.26 Å². The molecule has 0 aliphatic rings. The van der Waals surface area contributed by atoms with Crippen molar-refractivity contribution < 1.29 is 0 Å². The predicted molar refractivity (Wildman–Crippen MR) is 210 cm³/mol. The number of nitrogens with zero attached hydrogens (tertiary/aromatic N) is 4. The third-order valence-electron chi connectivity index (χ3n) is 9.63. The summed E-state index contributed by atoms with van der Waals surface area (Å²) in [5.41, 5.74) is 9.31. The lowest BCUT2D eigenvalue weighted by Gasteiger charge is -2.25. The molecule has 4 heteroatoms. The van der Waals surface area contributed by atoms with Crippen LogP contribution in [0.15, 0.2) is 182 Å². The van der Waals surface area contributed by atoms with E-state index in [0.29, 0.717) is 5.56 Å². The maximum atomic E-state index is 9.48. The second-order valence-corrected chi connectivity index (χ2v) is 12.6. The van der Waals surface area contributed by atoms with Crippen molar-refractivity contribution in [2.24, 2.45) is 0 Å². The molecule has 0 unspecified atom stereocenters. The molecule has 0 fully saturated rings. The summed E-state index contributed by atoms with van der Waals surface area (Å²) >= 11 is 0. The monoisotopic (exact) mass is 650 g/mol. The van der Waals surface area contributed by atoms with Gasteiger partial charge in [-0.05, 0) is 115 Å². The van der Waals surface area contributed by atoms with Crippen LogP contribution in [0.3, 0.4) is 0 Å². The van der Waals surface area contributed by atoms with E-state index in [0.717, 1.165) is 39.4 Å². The Morgan fingerprint density at radius 2 is 1.04 bits per heavy atom. The quantitative estimate of drug-likeness (QED) is 0.168. The molecule has 0 N–H and O–H groups in total. The highest BCUT2D eigenvalue weighted by atomic mass is 15.2. The fourth-order valence-corrected chi connectivity index (χ4v) is 7.27. The summed E-state index contributed by atoms with van der Waals surface area (Å²) in [7, 11) is 0. The molecule has 7 aromatic carbocycles. The Labute approximate surface area is 296 Å². The van der Waals surface area contributed by atoms with Gasteiger partial charge in [-0.25, -0.2) is 4.98 Å².